The van der Waals surface area contributed by atoms with Crippen molar-refractivity contribution in [3.05, 3.63) is 18.5 Å². The minimum absolute atomic E-state index is 0.147. The van der Waals surface area contributed by atoms with E-state index in [0.717, 1.165) is 55.1 Å². The largest absolute Gasteiger partial charge is 0.347 e. The predicted octanol–water partition coefficient (Wildman–Crippen LogP) is 2.78. The molecule has 24 heavy (non-hydrogen) atoms. The first-order chi connectivity index (χ1) is 11.8. The van der Waals surface area contributed by atoms with E-state index >= 15 is 0 Å². The molecule has 2 aromatic heterocycles. The van der Waals surface area contributed by atoms with Gasteiger partial charge in [-0.2, -0.15) is 0 Å². The van der Waals surface area contributed by atoms with E-state index in [2.05, 4.69) is 19.8 Å². The molecule has 1 amide bonds. The number of pyridine rings is 1. The number of carbonyl (C=O) groups is 1. The molecule has 3 fully saturated rings. The summed E-state index contributed by atoms with van der Waals surface area (Å²) in [6.07, 6.45) is 8.59. The van der Waals surface area contributed by atoms with Crippen LogP contribution in [0.15, 0.2) is 18.5 Å². The molecule has 5 rings (SSSR count). The van der Waals surface area contributed by atoms with Gasteiger partial charge in [0.25, 0.3) is 0 Å². The topological polar surface area (TPSA) is 49.3 Å². The lowest BCUT2D eigenvalue weighted by Crippen LogP contribution is -2.36. The summed E-state index contributed by atoms with van der Waals surface area (Å²) < 4.78 is 1.17. The third-order valence-electron chi connectivity index (χ3n) is 6.02. The Kier molecular flexibility index (Phi) is 3.47. The van der Waals surface area contributed by atoms with E-state index in [0.29, 0.717) is 5.91 Å². The van der Waals surface area contributed by atoms with Gasteiger partial charge in [-0.1, -0.05) is 17.8 Å². The minimum atomic E-state index is 0.147. The lowest BCUT2D eigenvalue weighted by atomic mass is 10.0. The molecule has 3 unspecified atom stereocenters. The number of hydrogen-bond donors (Lipinski definition) is 0. The van der Waals surface area contributed by atoms with E-state index in [1.165, 1.54) is 24.0 Å². The van der Waals surface area contributed by atoms with Crippen LogP contribution in [0.1, 0.15) is 25.7 Å². The first-order valence-electron chi connectivity index (χ1n) is 9.02. The second-order valence-corrected chi connectivity index (χ2v) is 8.47. The van der Waals surface area contributed by atoms with Crippen LogP contribution < -0.4 is 4.90 Å². The van der Waals surface area contributed by atoms with Crippen molar-refractivity contribution >= 4 is 32.6 Å². The van der Waals surface area contributed by atoms with Gasteiger partial charge in [0.2, 0.25) is 5.91 Å². The molecular weight excluding hydrogens is 320 g/mol. The van der Waals surface area contributed by atoms with Gasteiger partial charge in [-0.15, -0.1) is 0 Å². The normalized spacial score (nSPS) is 29.6. The fourth-order valence-corrected chi connectivity index (χ4v) is 5.68. The molecule has 126 valence electrons. The Morgan fingerprint density at radius 3 is 2.79 bits per heavy atom. The fourth-order valence-electron chi connectivity index (χ4n) is 4.71. The molecule has 0 radical (unpaired) electrons. The van der Waals surface area contributed by atoms with Crippen LogP contribution in [0.5, 0.6) is 0 Å². The monoisotopic (exact) mass is 342 g/mol. The van der Waals surface area contributed by atoms with Crippen molar-refractivity contribution in [2.75, 3.05) is 31.1 Å². The lowest BCUT2D eigenvalue weighted by molar-refractivity contribution is -0.134. The summed E-state index contributed by atoms with van der Waals surface area (Å²) in [4.78, 5) is 26.2. The molecular formula is C18H22N4OS. The van der Waals surface area contributed by atoms with Crippen molar-refractivity contribution in [1.29, 1.82) is 0 Å². The van der Waals surface area contributed by atoms with Crippen molar-refractivity contribution in [2.45, 2.75) is 25.7 Å². The van der Waals surface area contributed by atoms with Crippen LogP contribution >= 0.6 is 11.3 Å². The van der Waals surface area contributed by atoms with Crippen LogP contribution in [0.2, 0.25) is 0 Å². The first-order valence-corrected chi connectivity index (χ1v) is 9.84. The van der Waals surface area contributed by atoms with Gasteiger partial charge in [0.1, 0.15) is 5.52 Å². The van der Waals surface area contributed by atoms with Crippen molar-refractivity contribution in [2.24, 2.45) is 17.8 Å². The van der Waals surface area contributed by atoms with E-state index in [9.17, 15) is 4.79 Å². The molecule has 1 aliphatic carbocycles. The molecule has 5 nitrogen and oxygen atoms in total. The Bertz CT molecular complexity index is 730. The number of anilines is 1. The number of carbonyl (C=O) groups excluding carboxylic acids is 1. The summed E-state index contributed by atoms with van der Waals surface area (Å²) in [5.74, 6) is 2.09. The highest BCUT2D eigenvalue weighted by Crippen LogP contribution is 2.39. The summed E-state index contributed by atoms with van der Waals surface area (Å²) in [5.41, 5.74) is 0.958. The highest BCUT2D eigenvalue weighted by molar-refractivity contribution is 7.22. The van der Waals surface area contributed by atoms with Crippen LogP contribution in [0.25, 0.3) is 10.2 Å². The quantitative estimate of drug-likeness (QED) is 0.842. The van der Waals surface area contributed by atoms with E-state index in [1.54, 1.807) is 11.3 Å². The Morgan fingerprint density at radius 1 is 1.17 bits per heavy atom. The summed E-state index contributed by atoms with van der Waals surface area (Å²) in [6.45, 7) is 3.77. The fraction of sp³-hybridized carbons (Fsp3) is 0.611. The summed E-state index contributed by atoms with van der Waals surface area (Å²) in [5, 5.41) is 1.03. The number of thiazole rings is 1. The number of fused-ring (bicyclic) bond motifs is 2. The van der Waals surface area contributed by atoms with Crippen molar-refractivity contribution in [1.82, 2.24) is 14.9 Å². The van der Waals surface area contributed by atoms with E-state index < -0.39 is 0 Å². The number of nitrogens with zero attached hydrogens (tertiary/aromatic N) is 4. The molecule has 2 aromatic rings. The van der Waals surface area contributed by atoms with Gasteiger partial charge < -0.3 is 9.80 Å². The van der Waals surface area contributed by atoms with Crippen molar-refractivity contribution < 1.29 is 4.79 Å². The third kappa shape index (κ3) is 2.39. The second-order valence-electron chi connectivity index (χ2n) is 7.47. The molecule has 3 atom stereocenters. The smallest absolute Gasteiger partial charge is 0.227 e. The van der Waals surface area contributed by atoms with Gasteiger partial charge in [0.05, 0.1) is 16.8 Å². The summed E-state index contributed by atoms with van der Waals surface area (Å²) in [7, 11) is 0. The number of amides is 1. The van der Waals surface area contributed by atoms with Gasteiger partial charge in [0, 0.05) is 32.4 Å². The van der Waals surface area contributed by atoms with E-state index in [4.69, 9.17) is 0 Å². The molecule has 0 aromatic carbocycles. The Hall–Kier alpha value is -1.69. The van der Waals surface area contributed by atoms with Gasteiger partial charge >= 0.3 is 0 Å². The average Bonchev–Trinajstić information content (AvgIpc) is 3.34. The lowest BCUT2D eigenvalue weighted by Gasteiger charge is -2.21. The third-order valence-corrected chi connectivity index (χ3v) is 7.12. The molecule has 2 saturated heterocycles. The molecule has 3 aliphatic rings. The zero-order valence-corrected chi connectivity index (χ0v) is 14.5. The first kappa shape index (κ1) is 14.6. The molecule has 1 saturated carbocycles. The second kappa shape index (κ2) is 5.69. The molecule has 0 N–H and O–H groups in total. The van der Waals surface area contributed by atoms with Crippen LogP contribution in [0.3, 0.4) is 0 Å². The molecule has 6 heteroatoms. The maximum absolute atomic E-state index is 12.9. The van der Waals surface area contributed by atoms with Gasteiger partial charge in [-0.3, -0.25) is 9.78 Å². The molecule has 0 spiro atoms. The minimum Gasteiger partial charge on any atom is -0.347 e. The average molecular weight is 342 g/mol. The van der Waals surface area contributed by atoms with Crippen LogP contribution in [0.4, 0.5) is 5.13 Å². The molecule has 2 aliphatic heterocycles. The zero-order valence-electron chi connectivity index (χ0n) is 13.7. The Balaban J connectivity index is 1.27. The standard InChI is InChI=1S/C18H22N4OS/c23-17(22-9-12-2-1-3-13(12)10-22)14-5-7-21(11-14)18-20-15-8-19-6-4-16(15)24-18/h4,6,8,12-14H,1-3,5,7,9-11H2. The Labute approximate surface area is 145 Å². The van der Waals surface area contributed by atoms with Crippen molar-refractivity contribution in [3.8, 4) is 0 Å². The van der Waals surface area contributed by atoms with Gasteiger partial charge in [-0.25, -0.2) is 4.98 Å². The maximum Gasteiger partial charge on any atom is 0.227 e. The summed E-state index contributed by atoms with van der Waals surface area (Å²) >= 11 is 1.70. The number of hydrogen-bond acceptors (Lipinski definition) is 5. The highest BCUT2D eigenvalue weighted by atomic mass is 32.1. The maximum atomic E-state index is 12.9. The summed E-state index contributed by atoms with van der Waals surface area (Å²) in [6, 6.07) is 2.01. The number of rotatable bonds is 2. The SMILES string of the molecule is O=C(C1CCN(c2nc3cnccc3s2)C1)N1CC2CCCC2C1. The van der Waals surface area contributed by atoms with Crippen LogP contribution in [-0.2, 0) is 4.79 Å². The van der Waals surface area contributed by atoms with Crippen LogP contribution in [0, 0.1) is 17.8 Å². The van der Waals surface area contributed by atoms with E-state index in [-0.39, 0.29) is 5.92 Å². The number of aromatic nitrogens is 2. The van der Waals surface area contributed by atoms with Crippen molar-refractivity contribution in [3.63, 3.8) is 0 Å². The van der Waals surface area contributed by atoms with Gasteiger partial charge in [0.15, 0.2) is 5.13 Å². The predicted molar refractivity (Wildman–Crippen MR) is 95.1 cm³/mol. The van der Waals surface area contributed by atoms with Crippen LogP contribution in [-0.4, -0.2) is 47.0 Å². The Morgan fingerprint density at radius 2 is 2.00 bits per heavy atom. The molecule has 0 bridgehead atoms. The highest BCUT2D eigenvalue weighted by Gasteiger charge is 2.41. The molecule has 4 heterocycles. The van der Waals surface area contributed by atoms with E-state index in [1.807, 2.05) is 18.5 Å². The van der Waals surface area contributed by atoms with Gasteiger partial charge in [-0.05, 0) is 37.2 Å². The number of likely N-dealkylation sites (tertiary alicyclic amines) is 1. The zero-order chi connectivity index (χ0) is 16.1.